The van der Waals surface area contributed by atoms with E-state index in [1.807, 2.05) is 0 Å². The van der Waals surface area contributed by atoms with Gasteiger partial charge in [0.05, 0.1) is 18.8 Å². The SMILES string of the molecule is COc1ccc(-n2c3c(c(=O)[nH]c2=O)C[NH+](C(C)C)CN3)cc1. The molecule has 0 aliphatic carbocycles. The molecular weight excluding hydrogens is 296 g/mol. The highest BCUT2D eigenvalue weighted by molar-refractivity contribution is 5.51. The van der Waals surface area contributed by atoms with Crippen LogP contribution in [-0.2, 0) is 6.54 Å². The van der Waals surface area contributed by atoms with Crippen LogP contribution in [0.1, 0.15) is 19.4 Å². The molecule has 0 saturated carbocycles. The second-order valence-corrected chi connectivity index (χ2v) is 5.96. The minimum Gasteiger partial charge on any atom is -0.497 e. The molecule has 0 spiro atoms. The van der Waals surface area contributed by atoms with Crippen LogP contribution in [0.5, 0.6) is 5.75 Å². The number of nitrogens with one attached hydrogen (secondary N) is 3. The van der Waals surface area contributed by atoms with Crippen molar-refractivity contribution in [2.45, 2.75) is 26.4 Å². The van der Waals surface area contributed by atoms with Crippen LogP contribution in [0.15, 0.2) is 33.9 Å². The van der Waals surface area contributed by atoms with Gasteiger partial charge in [-0.1, -0.05) is 0 Å². The number of hydrogen-bond donors (Lipinski definition) is 3. The van der Waals surface area contributed by atoms with E-state index in [-0.39, 0.29) is 5.56 Å². The topological polar surface area (TPSA) is 80.6 Å². The number of aromatic nitrogens is 2. The monoisotopic (exact) mass is 317 g/mol. The Hall–Kier alpha value is -2.54. The molecule has 23 heavy (non-hydrogen) atoms. The molecule has 1 aliphatic heterocycles. The summed E-state index contributed by atoms with van der Waals surface area (Å²) in [6.45, 7) is 5.47. The molecule has 2 heterocycles. The predicted molar refractivity (Wildman–Crippen MR) is 87.5 cm³/mol. The largest absolute Gasteiger partial charge is 0.497 e. The summed E-state index contributed by atoms with van der Waals surface area (Å²) in [6.07, 6.45) is 0. The van der Waals surface area contributed by atoms with Crippen molar-refractivity contribution >= 4 is 5.82 Å². The molecule has 1 atom stereocenters. The molecule has 0 bridgehead atoms. The Bertz CT molecular complexity index is 821. The maximum absolute atomic E-state index is 12.3. The van der Waals surface area contributed by atoms with Crippen molar-refractivity contribution in [3.05, 3.63) is 50.7 Å². The van der Waals surface area contributed by atoms with E-state index in [9.17, 15) is 9.59 Å². The summed E-state index contributed by atoms with van der Waals surface area (Å²) in [5.41, 5.74) is 0.527. The number of benzene rings is 1. The number of quaternary nitrogens is 1. The normalized spacial score (nSPS) is 16.8. The number of hydrogen-bond acceptors (Lipinski definition) is 4. The van der Waals surface area contributed by atoms with Gasteiger partial charge in [0.25, 0.3) is 5.56 Å². The Labute approximate surface area is 133 Å². The van der Waals surface area contributed by atoms with Crippen LogP contribution < -0.4 is 26.2 Å². The number of anilines is 1. The fourth-order valence-electron chi connectivity index (χ4n) is 2.79. The Balaban J connectivity index is 2.13. The molecule has 122 valence electrons. The van der Waals surface area contributed by atoms with E-state index < -0.39 is 5.69 Å². The quantitative estimate of drug-likeness (QED) is 0.727. The van der Waals surface area contributed by atoms with E-state index in [2.05, 4.69) is 24.1 Å². The molecule has 2 aromatic rings. The lowest BCUT2D eigenvalue weighted by atomic mass is 10.2. The number of methoxy groups -OCH3 is 1. The van der Waals surface area contributed by atoms with E-state index in [0.717, 1.165) is 0 Å². The van der Waals surface area contributed by atoms with Crippen molar-refractivity contribution in [2.24, 2.45) is 0 Å². The molecule has 7 nitrogen and oxygen atoms in total. The van der Waals surface area contributed by atoms with Crippen molar-refractivity contribution < 1.29 is 9.64 Å². The minimum atomic E-state index is -0.445. The van der Waals surface area contributed by atoms with Gasteiger partial charge in [0, 0.05) is 0 Å². The van der Waals surface area contributed by atoms with E-state index in [1.165, 1.54) is 9.47 Å². The van der Waals surface area contributed by atoms with E-state index >= 15 is 0 Å². The Morgan fingerprint density at radius 3 is 2.52 bits per heavy atom. The first-order chi connectivity index (χ1) is 11.0. The number of fused-ring (bicyclic) bond motifs is 1. The molecule has 3 rings (SSSR count). The Morgan fingerprint density at radius 2 is 1.91 bits per heavy atom. The zero-order valence-electron chi connectivity index (χ0n) is 13.5. The smallest absolute Gasteiger partial charge is 0.334 e. The zero-order valence-corrected chi connectivity index (χ0v) is 13.5. The zero-order chi connectivity index (χ0) is 16.6. The maximum Gasteiger partial charge on any atom is 0.334 e. The van der Waals surface area contributed by atoms with Gasteiger partial charge in [-0.25, -0.2) is 9.36 Å². The van der Waals surface area contributed by atoms with Gasteiger partial charge in [0.15, 0.2) is 6.67 Å². The predicted octanol–water partition coefficient (Wildman–Crippen LogP) is -0.289. The van der Waals surface area contributed by atoms with Crippen LogP contribution in [-0.4, -0.2) is 29.4 Å². The van der Waals surface area contributed by atoms with Crippen molar-refractivity contribution in [1.29, 1.82) is 0 Å². The average molecular weight is 317 g/mol. The summed E-state index contributed by atoms with van der Waals surface area (Å²) in [5.74, 6) is 1.29. The molecule has 3 N–H and O–H groups in total. The van der Waals surface area contributed by atoms with Gasteiger partial charge in [0.2, 0.25) is 0 Å². The van der Waals surface area contributed by atoms with Crippen molar-refractivity contribution in [2.75, 3.05) is 19.1 Å². The first-order valence-electron chi connectivity index (χ1n) is 7.62. The molecule has 0 amide bonds. The second-order valence-electron chi connectivity index (χ2n) is 5.96. The van der Waals surface area contributed by atoms with Crippen LogP contribution in [0.3, 0.4) is 0 Å². The van der Waals surface area contributed by atoms with Gasteiger partial charge < -0.3 is 15.0 Å². The van der Waals surface area contributed by atoms with Crippen LogP contribution in [0.25, 0.3) is 5.69 Å². The highest BCUT2D eigenvalue weighted by Gasteiger charge is 2.27. The molecule has 0 fully saturated rings. The lowest BCUT2D eigenvalue weighted by molar-refractivity contribution is -0.933. The summed E-state index contributed by atoms with van der Waals surface area (Å²) in [4.78, 5) is 28.2. The molecule has 0 saturated heterocycles. The maximum atomic E-state index is 12.3. The summed E-state index contributed by atoms with van der Waals surface area (Å²) in [7, 11) is 1.59. The highest BCUT2D eigenvalue weighted by Crippen LogP contribution is 2.19. The third-order valence-corrected chi connectivity index (χ3v) is 4.24. The van der Waals surface area contributed by atoms with E-state index in [4.69, 9.17) is 4.74 Å². The third-order valence-electron chi connectivity index (χ3n) is 4.24. The molecule has 7 heteroatoms. The second kappa shape index (κ2) is 5.92. The van der Waals surface area contributed by atoms with Gasteiger partial charge in [-0.05, 0) is 38.1 Å². The van der Waals surface area contributed by atoms with Gasteiger partial charge in [-0.15, -0.1) is 0 Å². The number of nitrogens with zero attached hydrogens (tertiary/aromatic N) is 1. The van der Waals surface area contributed by atoms with Gasteiger partial charge in [-0.3, -0.25) is 9.78 Å². The summed E-state index contributed by atoms with van der Waals surface area (Å²) in [6, 6.07) is 7.54. The molecule has 1 unspecified atom stereocenters. The summed E-state index contributed by atoms with van der Waals surface area (Å²) < 4.78 is 6.65. The van der Waals surface area contributed by atoms with E-state index in [0.29, 0.717) is 42.1 Å². The van der Waals surface area contributed by atoms with Crippen LogP contribution in [0, 0.1) is 0 Å². The first-order valence-corrected chi connectivity index (χ1v) is 7.62. The van der Waals surface area contributed by atoms with Crippen LogP contribution in [0.4, 0.5) is 5.82 Å². The number of H-pyrrole nitrogens is 1. The lowest BCUT2D eigenvalue weighted by Gasteiger charge is -2.30. The molecule has 0 radical (unpaired) electrons. The van der Waals surface area contributed by atoms with Gasteiger partial charge in [0.1, 0.15) is 23.7 Å². The molecule has 1 aliphatic rings. The Morgan fingerprint density at radius 1 is 1.22 bits per heavy atom. The molecule has 1 aromatic carbocycles. The lowest BCUT2D eigenvalue weighted by Crippen LogP contribution is -3.15. The third kappa shape index (κ3) is 2.75. The van der Waals surface area contributed by atoms with Crippen molar-refractivity contribution in [3.8, 4) is 11.4 Å². The standard InChI is InChI=1S/C16H20N4O3/c1-10(2)19-8-13-14(17-9-19)20(16(22)18-15(13)21)11-4-6-12(23-3)7-5-11/h4-7,10,17H,8-9H2,1-3H3,(H,18,21,22)/p+1. The fraction of sp³-hybridized carbons (Fsp3) is 0.375. The van der Waals surface area contributed by atoms with E-state index in [1.54, 1.807) is 31.4 Å². The van der Waals surface area contributed by atoms with Crippen molar-refractivity contribution in [1.82, 2.24) is 9.55 Å². The number of rotatable bonds is 3. The van der Waals surface area contributed by atoms with Gasteiger partial charge >= 0.3 is 5.69 Å². The minimum absolute atomic E-state index is 0.319. The van der Waals surface area contributed by atoms with Crippen LogP contribution in [0.2, 0.25) is 0 Å². The fourth-order valence-corrected chi connectivity index (χ4v) is 2.79. The van der Waals surface area contributed by atoms with Crippen molar-refractivity contribution in [3.63, 3.8) is 0 Å². The number of aromatic amines is 1. The highest BCUT2D eigenvalue weighted by atomic mass is 16.5. The Kier molecular flexibility index (Phi) is 3.96. The number of ether oxygens (including phenoxy) is 1. The first kappa shape index (κ1) is 15.4. The molecular formula is C16H21N4O3+. The van der Waals surface area contributed by atoms with Gasteiger partial charge in [-0.2, -0.15) is 0 Å². The average Bonchev–Trinajstić information content (AvgIpc) is 2.55. The molecule has 1 aromatic heterocycles. The summed E-state index contributed by atoms with van der Waals surface area (Å²) in [5, 5.41) is 3.25. The summed E-state index contributed by atoms with van der Waals surface area (Å²) >= 11 is 0. The van der Waals surface area contributed by atoms with Crippen LogP contribution >= 0.6 is 0 Å².